The smallest absolute Gasteiger partial charge is 0.341 e. The molecule has 0 spiro atoms. The van der Waals surface area contributed by atoms with E-state index in [4.69, 9.17) is 24.1 Å². The molecule has 1 aliphatic heterocycles. The number of ether oxygens (including phenoxy) is 4. The molecule has 240 valence electrons. The fourth-order valence-electron chi connectivity index (χ4n) is 6.72. The van der Waals surface area contributed by atoms with Crippen molar-refractivity contribution in [3.63, 3.8) is 0 Å². The molecule has 3 aromatic carbocycles. The lowest BCUT2D eigenvalue weighted by molar-refractivity contribution is -0.143. The maximum Gasteiger partial charge on any atom is 0.341 e. The summed E-state index contributed by atoms with van der Waals surface area (Å²) in [6, 6.07) is 17.5. The summed E-state index contributed by atoms with van der Waals surface area (Å²) in [5.74, 6) is 0.303. The van der Waals surface area contributed by atoms with E-state index in [0.29, 0.717) is 30.4 Å². The van der Waals surface area contributed by atoms with Crippen molar-refractivity contribution in [1.82, 2.24) is 9.88 Å². The number of carbonyl (C=O) groups is 3. The molecule has 10 heteroatoms. The second kappa shape index (κ2) is 13.6. The van der Waals surface area contributed by atoms with Crippen molar-refractivity contribution < 1.29 is 38.4 Å². The molecule has 6 rings (SSSR count). The van der Waals surface area contributed by atoms with Gasteiger partial charge in [-0.25, -0.2) is 9.59 Å². The number of nitrogens with zero attached hydrogens (tertiary/aromatic N) is 1. The van der Waals surface area contributed by atoms with Gasteiger partial charge >= 0.3 is 11.9 Å². The Morgan fingerprint density at radius 1 is 0.978 bits per heavy atom. The number of amides is 1. The first-order chi connectivity index (χ1) is 22.4. The predicted molar refractivity (Wildman–Crippen MR) is 172 cm³/mol. The Morgan fingerprint density at radius 2 is 1.74 bits per heavy atom. The van der Waals surface area contributed by atoms with Crippen LogP contribution in [-0.2, 0) is 27.3 Å². The highest BCUT2D eigenvalue weighted by molar-refractivity contribution is 6.02. The lowest BCUT2D eigenvalue weighted by Gasteiger charge is -2.23. The van der Waals surface area contributed by atoms with E-state index in [0.717, 1.165) is 52.1 Å². The quantitative estimate of drug-likeness (QED) is 0.214. The molecule has 2 aliphatic rings. The first-order valence-corrected chi connectivity index (χ1v) is 15.7. The molecule has 4 aromatic rings. The Morgan fingerprint density at radius 3 is 2.46 bits per heavy atom. The monoisotopic (exact) mass is 626 g/mol. The van der Waals surface area contributed by atoms with Gasteiger partial charge in [-0.3, -0.25) is 4.79 Å². The molecular weight excluding hydrogens is 588 g/mol. The molecule has 1 saturated carbocycles. The molecule has 1 atom stereocenters. The third kappa shape index (κ3) is 6.38. The van der Waals surface area contributed by atoms with Crippen LogP contribution in [0.1, 0.15) is 59.5 Å². The summed E-state index contributed by atoms with van der Waals surface area (Å²) in [6.45, 7) is 0.644. The second-order valence-corrected chi connectivity index (χ2v) is 11.8. The molecule has 1 aromatic heterocycles. The van der Waals surface area contributed by atoms with Crippen LogP contribution in [0.25, 0.3) is 22.2 Å². The summed E-state index contributed by atoms with van der Waals surface area (Å²) in [7, 11) is 2.93. The summed E-state index contributed by atoms with van der Waals surface area (Å²) in [6.07, 6.45) is 6.05. The average Bonchev–Trinajstić information content (AvgIpc) is 3.28. The maximum atomic E-state index is 13.7. The van der Waals surface area contributed by atoms with Crippen LogP contribution >= 0.6 is 0 Å². The number of benzene rings is 3. The first-order valence-electron chi connectivity index (χ1n) is 15.7. The molecular formula is C36H38N2O8. The van der Waals surface area contributed by atoms with Crippen molar-refractivity contribution in [2.45, 2.75) is 57.0 Å². The number of methoxy groups -OCH3 is 2. The van der Waals surface area contributed by atoms with Gasteiger partial charge in [-0.2, -0.15) is 0 Å². The molecule has 0 radical (unpaired) electrons. The van der Waals surface area contributed by atoms with Crippen LogP contribution in [0, 0.1) is 0 Å². The van der Waals surface area contributed by atoms with Crippen LogP contribution < -0.4 is 19.5 Å². The number of carbonyl (C=O) groups excluding carboxylic acids is 2. The Hall–Kier alpha value is -4.99. The zero-order valence-corrected chi connectivity index (χ0v) is 26.0. The van der Waals surface area contributed by atoms with E-state index in [1.54, 1.807) is 31.4 Å². The van der Waals surface area contributed by atoms with Gasteiger partial charge in [0.2, 0.25) is 0 Å². The van der Waals surface area contributed by atoms with Crippen LogP contribution in [0.4, 0.5) is 0 Å². The van der Waals surface area contributed by atoms with E-state index in [2.05, 4.69) is 16.0 Å². The minimum absolute atomic E-state index is 0.184. The lowest BCUT2D eigenvalue weighted by atomic mass is 9.81. The number of aliphatic carboxylic acids is 1. The number of nitrogens with one attached hydrogen (secondary N) is 1. The normalized spacial score (nSPS) is 15.1. The van der Waals surface area contributed by atoms with Crippen LogP contribution in [0.3, 0.4) is 0 Å². The Kier molecular flexibility index (Phi) is 9.14. The molecule has 0 unspecified atom stereocenters. The van der Waals surface area contributed by atoms with Crippen LogP contribution in [0.5, 0.6) is 17.2 Å². The highest BCUT2D eigenvalue weighted by Gasteiger charge is 2.30. The van der Waals surface area contributed by atoms with Crippen LogP contribution in [-0.4, -0.2) is 61.0 Å². The van der Waals surface area contributed by atoms with Gasteiger partial charge in [-0.1, -0.05) is 37.5 Å². The standard InChI is InChI=1S/C36H38N2O8/c1-43-26-13-15-28-31(20-26)45-17-16-38-30-19-24(10-14-27(30)33(34(28)38)23-6-4-3-5-7-23)35(41)37-29(36(42)44-2)18-22-8-11-25(12-9-22)46-21-32(39)40/h8-15,19-20,23,29H,3-7,16-18,21H2,1-2H3,(H,37,41)(H,39,40)/t29-/m0/s1. The van der Waals surface area contributed by atoms with E-state index in [-0.39, 0.29) is 12.3 Å². The summed E-state index contributed by atoms with van der Waals surface area (Å²) < 4.78 is 24.2. The molecule has 10 nitrogen and oxygen atoms in total. The molecule has 2 heterocycles. The molecule has 0 saturated heterocycles. The highest BCUT2D eigenvalue weighted by Crippen LogP contribution is 2.47. The third-order valence-corrected chi connectivity index (χ3v) is 8.91. The summed E-state index contributed by atoms with van der Waals surface area (Å²) in [5.41, 5.74) is 5.61. The van der Waals surface area contributed by atoms with E-state index < -0.39 is 24.6 Å². The summed E-state index contributed by atoms with van der Waals surface area (Å²) in [4.78, 5) is 37.2. The minimum atomic E-state index is -1.07. The van der Waals surface area contributed by atoms with Gasteiger partial charge in [0.05, 0.1) is 26.5 Å². The number of esters is 1. The Labute approximate surface area is 267 Å². The lowest BCUT2D eigenvalue weighted by Crippen LogP contribution is -2.43. The number of hydrogen-bond acceptors (Lipinski definition) is 7. The Balaban J connectivity index is 1.33. The number of hydrogen-bond donors (Lipinski definition) is 2. The molecule has 2 N–H and O–H groups in total. The first kappa shape index (κ1) is 31.0. The van der Waals surface area contributed by atoms with Gasteiger partial charge in [0.15, 0.2) is 6.61 Å². The maximum absolute atomic E-state index is 13.7. The van der Waals surface area contributed by atoms with Gasteiger partial charge in [-0.05, 0) is 66.3 Å². The molecule has 0 bridgehead atoms. The fraction of sp³-hybridized carbons (Fsp3) is 0.361. The largest absolute Gasteiger partial charge is 0.497 e. The summed E-state index contributed by atoms with van der Waals surface area (Å²) in [5, 5.41) is 12.8. The van der Waals surface area contributed by atoms with E-state index in [9.17, 15) is 14.4 Å². The molecule has 46 heavy (non-hydrogen) atoms. The van der Waals surface area contributed by atoms with Crippen molar-refractivity contribution in [2.75, 3.05) is 27.4 Å². The van der Waals surface area contributed by atoms with Crippen molar-refractivity contribution in [2.24, 2.45) is 0 Å². The SMILES string of the molecule is COC(=O)[C@H](Cc1ccc(OCC(=O)O)cc1)NC(=O)c1ccc2c(C3CCCCC3)c3n(c2c1)CCOc1cc(OC)ccc1-3. The van der Waals surface area contributed by atoms with E-state index in [1.165, 1.54) is 31.9 Å². The second-order valence-electron chi connectivity index (χ2n) is 11.8. The van der Waals surface area contributed by atoms with Gasteiger partial charge in [0.1, 0.15) is 29.9 Å². The van der Waals surface area contributed by atoms with E-state index >= 15 is 0 Å². The predicted octanol–water partition coefficient (Wildman–Crippen LogP) is 5.73. The number of rotatable bonds is 10. The molecule has 1 aliphatic carbocycles. The number of aromatic nitrogens is 1. The van der Waals surface area contributed by atoms with Crippen LogP contribution in [0.15, 0.2) is 60.7 Å². The fourth-order valence-corrected chi connectivity index (χ4v) is 6.72. The van der Waals surface area contributed by atoms with Gasteiger partial charge in [-0.15, -0.1) is 0 Å². The van der Waals surface area contributed by atoms with Crippen molar-refractivity contribution in [1.29, 1.82) is 0 Å². The Bertz CT molecular complexity index is 1750. The van der Waals surface area contributed by atoms with Crippen molar-refractivity contribution in [3.05, 3.63) is 77.4 Å². The minimum Gasteiger partial charge on any atom is -0.497 e. The third-order valence-electron chi connectivity index (χ3n) is 8.91. The van der Waals surface area contributed by atoms with Gasteiger partial charge in [0.25, 0.3) is 5.91 Å². The number of carboxylic acids is 1. The van der Waals surface area contributed by atoms with Crippen molar-refractivity contribution in [3.8, 4) is 28.5 Å². The van der Waals surface area contributed by atoms with Crippen LogP contribution in [0.2, 0.25) is 0 Å². The van der Waals surface area contributed by atoms with E-state index in [1.807, 2.05) is 30.3 Å². The van der Waals surface area contributed by atoms with Gasteiger partial charge in [0, 0.05) is 34.5 Å². The van der Waals surface area contributed by atoms with Crippen molar-refractivity contribution >= 4 is 28.7 Å². The van der Waals surface area contributed by atoms with Gasteiger partial charge < -0.3 is 33.9 Å². The topological polar surface area (TPSA) is 125 Å². The zero-order chi connectivity index (χ0) is 32.2. The number of fused-ring (bicyclic) bond motifs is 5. The molecule has 1 amide bonds. The molecule has 1 fully saturated rings. The number of carboxylic acid groups (broad SMARTS) is 1. The highest BCUT2D eigenvalue weighted by atomic mass is 16.5. The zero-order valence-electron chi connectivity index (χ0n) is 26.0. The summed E-state index contributed by atoms with van der Waals surface area (Å²) >= 11 is 0. The average molecular weight is 627 g/mol.